The summed E-state index contributed by atoms with van der Waals surface area (Å²) in [5, 5.41) is 13.2. The van der Waals surface area contributed by atoms with Gasteiger partial charge in [0, 0.05) is 28.9 Å². The Morgan fingerprint density at radius 1 is 0.480 bits per heavy atom. The number of hydrogen-bond acceptors (Lipinski definition) is 6. The van der Waals surface area contributed by atoms with Crippen molar-refractivity contribution in [1.29, 1.82) is 0 Å². The van der Waals surface area contributed by atoms with Crippen molar-refractivity contribution in [2.45, 2.75) is 208 Å². The van der Waals surface area contributed by atoms with E-state index in [1.165, 1.54) is 12.8 Å². The van der Waals surface area contributed by atoms with E-state index in [-0.39, 0.29) is 33.0 Å². The Morgan fingerprint density at radius 3 is 1.20 bits per heavy atom. The Hall–Kier alpha value is -1.82. The fourth-order valence-corrected chi connectivity index (χ4v) is 3.46. The predicted octanol–water partition coefficient (Wildman–Crippen LogP) is 12.3. The van der Waals surface area contributed by atoms with Crippen molar-refractivity contribution in [1.82, 2.24) is 21.3 Å². The molecule has 0 radical (unpaired) electrons. The van der Waals surface area contributed by atoms with E-state index in [0.717, 1.165) is 25.2 Å². The average Bonchev–Trinajstić information content (AvgIpc) is 2.75. The van der Waals surface area contributed by atoms with Crippen LogP contribution in [0.25, 0.3) is 0 Å². The maximum atomic E-state index is 5.53. The largest absolute Gasteiger partial charge is 0.479 e. The van der Waals surface area contributed by atoms with E-state index in [2.05, 4.69) is 186 Å². The van der Waals surface area contributed by atoms with E-state index in [0.29, 0.717) is 29.2 Å². The highest BCUT2D eigenvalue weighted by atomic mass is 16.5. The molecule has 50 heavy (non-hydrogen) atoms. The molecular formula is C44H94N4O2. The maximum absolute atomic E-state index is 5.53. The van der Waals surface area contributed by atoms with E-state index < -0.39 is 0 Å². The summed E-state index contributed by atoms with van der Waals surface area (Å²) in [4.78, 5) is 0. The predicted molar refractivity (Wildman–Crippen MR) is 227 cm³/mol. The average molecular weight is 711 g/mol. The fourth-order valence-electron chi connectivity index (χ4n) is 3.46. The number of nitrogens with one attached hydrogen (secondary N) is 4. The van der Waals surface area contributed by atoms with Crippen LogP contribution in [0, 0.1) is 21.7 Å². The lowest BCUT2D eigenvalue weighted by atomic mass is 9.90. The molecule has 6 heteroatoms. The van der Waals surface area contributed by atoms with Gasteiger partial charge >= 0.3 is 0 Å². The highest BCUT2D eigenvalue weighted by Gasteiger charge is 2.17. The highest BCUT2D eigenvalue weighted by molar-refractivity contribution is 4.96. The van der Waals surface area contributed by atoms with Crippen molar-refractivity contribution in [3.05, 3.63) is 37.2 Å². The summed E-state index contributed by atoms with van der Waals surface area (Å²) in [5.41, 5.74) is 2.73. The van der Waals surface area contributed by atoms with Crippen molar-refractivity contribution in [2.75, 3.05) is 19.7 Å². The summed E-state index contributed by atoms with van der Waals surface area (Å²) in [6.45, 7) is 66.2. The van der Waals surface area contributed by atoms with Gasteiger partial charge in [0.15, 0.2) is 11.8 Å². The molecule has 0 saturated carbocycles. The zero-order valence-corrected chi connectivity index (χ0v) is 38.7. The third-order valence-corrected chi connectivity index (χ3v) is 5.70. The monoisotopic (exact) mass is 711 g/mol. The minimum absolute atomic E-state index is 0.0228. The quantitative estimate of drug-likeness (QED) is 0.160. The molecule has 4 N–H and O–H groups in total. The normalized spacial score (nSPS) is 12.8. The van der Waals surface area contributed by atoms with Crippen LogP contribution in [-0.4, -0.2) is 41.9 Å². The first-order valence-electron chi connectivity index (χ1n) is 18.9. The number of hydrogen-bond donors (Lipinski definition) is 4. The smallest absolute Gasteiger partial charge is 0.179 e. The van der Waals surface area contributed by atoms with Crippen LogP contribution in [0.3, 0.4) is 0 Å². The summed E-state index contributed by atoms with van der Waals surface area (Å²) < 4.78 is 11.0. The van der Waals surface area contributed by atoms with E-state index in [1.54, 1.807) is 0 Å². The molecule has 0 atom stereocenters. The third-order valence-electron chi connectivity index (χ3n) is 5.70. The van der Waals surface area contributed by atoms with Gasteiger partial charge in [-0.2, -0.15) is 0 Å². The molecule has 0 aliphatic rings. The van der Waals surface area contributed by atoms with Crippen LogP contribution in [0.2, 0.25) is 0 Å². The SMILES string of the molecule is C=C(CCC(C)(C)C)NC(C)(C)C.C=C(NC(C)(C)C)OCC(C)(C)C.C=C(NCC(C)(C)C)OC(C)(C)C.CC(C)(C)CCNC(C)(C)C. The van der Waals surface area contributed by atoms with Gasteiger partial charge in [0.2, 0.25) is 0 Å². The van der Waals surface area contributed by atoms with Crippen LogP contribution in [0.1, 0.15) is 185 Å². The van der Waals surface area contributed by atoms with Crippen LogP contribution in [0.4, 0.5) is 0 Å². The third kappa shape index (κ3) is 61.4. The molecule has 0 aliphatic carbocycles. The van der Waals surface area contributed by atoms with Gasteiger partial charge in [-0.05, 0) is 144 Å². The maximum Gasteiger partial charge on any atom is 0.179 e. The van der Waals surface area contributed by atoms with Crippen molar-refractivity contribution in [3.63, 3.8) is 0 Å². The lowest BCUT2D eigenvalue weighted by molar-refractivity contribution is 0.0393. The molecule has 6 nitrogen and oxygen atoms in total. The zero-order valence-electron chi connectivity index (χ0n) is 38.7. The van der Waals surface area contributed by atoms with Gasteiger partial charge in [0.05, 0.1) is 6.61 Å². The van der Waals surface area contributed by atoms with Gasteiger partial charge in [-0.15, -0.1) is 0 Å². The molecule has 0 aromatic heterocycles. The molecule has 0 spiro atoms. The first kappa shape index (κ1) is 54.9. The van der Waals surface area contributed by atoms with Gasteiger partial charge in [0.1, 0.15) is 5.60 Å². The van der Waals surface area contributed by atoms with Crippen LogP contribution in [0.15, 0.2) is 37.2 Å². The summed E-state index contributed by atoms with van der Waals surface area (Å²) >= 11 is 0. The molecule has 0 saturated heterocycles. The van der Waals surface area contributed by atoms with E-state index >= 15 is 0 Å². The molecule has 0 bridgehead atoms. The Morgan fingerprint density at radius 2 is 0.900 bits per heavy atom. The summed E-state index contributed by atoms with van der Waals surface area (Å²) in [6, 6.07) is 0. The standard InChI is InChI=1S/C12H25N.2C11H23NO.C10H23N/c1-10(13-12(5,6)7)8-9-11(2,3)4;1-9(12-11(5,6)7)13-8-10(2,3)4;1-9(13-11(5,6)7)12-8-10(2,3)4;1-9(2,3)7-8-11-10(4,5)6/h13H,1,8-9H2,2-7H3;2*12H,1,8H2,2-7H3;11H,7-8H2,1-6H3. The van der Waals surface area contributed by atoms with Crippen LogP contribution >= 0.6 is 0 Å². The zero-order chi connectivity index (χ0) is 41.2. The molecule has 302 valence electrons. The lowest BCUT2D eigenvalue weighted by Crippen LogP contribution is -2.37. The second-order valence-corrected chi connectivity index (χ2v) is 22.7. The Bertz CT molecular complexity index is 811. The van der Waals surface area contributed by atoms with Crippen LogP contribution in [-0.2, 0) is 9.47 Å². The van der Waals surface area contributed by atoms with Crippen LogP contribution in [0.5, 0.6) is 0 Å². The molecule has 0 fully saturated rings. The fraction of sp³-hybridized carbons (Fsp3) is 0.864. The molecule has 0 aromatic carbocycles. The Labute approximate surface area is 316 Å². The second-order valence-electron chi connectivity index (χ2n) is 22.7. The molecule has 0 rings (SSSR count). The minimum atomic E-state index is -0.165. The summed E-state index contributed by atoms with van der Waals surface area (Å²) in [7, 11) is 0. The van der Waals surface area contributed by atoms with Gasteiger partial charge < -0.3 is 30.7 Å². The Kier molecular flexibility index (Phi) is 24.5. The first-order valence-corrected chi connectivity index (χ1v) is 18.9. The molecule has 0 unspecified atom stereocenters. The molecular weight excluding hydrogens is 617 g/mol. The second kappa shape index (κ2) is 22.3. The first-order chi connectivity index (χ1) is 21.5. The van der Waals surface area contributed by atoms with Gasteiger partial charge in [0.25, 0.3) is 0 Å². The molecule has 0 heterocycles. The number of allylic oxidation sites excluding steroid dienone is 1. The molecule has 0 amide bonds. The molecule has 0 aliphatic heterocycles. The van der Waals surface area contributed by atoms with Gasteiger partial charge in [-0.3, -0.25) is 0 Å². The van der Waals surface area contributed by atoms with Crippen molar-refractivity contribution >= 4 is 0 Å². The van der Waals surface area contributed by atoms with E-state index in [9.17, 15) is 0 Å². The topological polar surface area (TPSA) is 66.6 Å². The lowest BCUT2D eigenvalue weighted by Gasteiger charge is -2.26. The minimum Gasteiger partial charge on any atom is -0.479 e. The van der Waals surface area contributed by atoms with Crippen molar-refractivity contribution in [2.24, 2.45) is 21.7 Å². The Balaban J connectivity index is -0.000000283. The van der Waals surface area contributed by atoms with E-state index in [4.69, 9.17) is 9.47 Å². The van der Waals surface area contributed by atoms with Crippen molar-refractivity contribution < 1.29 is 9.47 Å². The van der Waals surface area contributed by atoms with Gasteiger partial charge in [-0.1, -0.05) is 89.7 Å². The summed E-state index contributed by atoms with van der Waals surface area (Å²) in [6.07, 6.45) is 3.50. The van der Waals surface area contributed by atoms with Crippen molar-refractivity contribution in [3.8, 4) is 0 Å². The number of ether oxygens (including phenoxy) is 2. The highest BCUT2D eigenvalue weighted by Crippen LogP contribution is 2.23. The molecule has 0 aromatic rings. The van der Waals surface area contributed by atoms with Gasteiger partial charge in [-0.25, -0.2) is 0 Å². The summed E-state index contributed by atoms with van der Waals surface area (Å²) in [5.74, 6) is 1.31. The van der Waals surface area contributed by atoms with E-state index in [1.807, 2.05) is 20.8 Å². The van der Waals surface area contributed by atoms with Crippen LogP contribution < -0.4 is 21.3 Å². The number of rotatable bonds is 11.